The van der Waals surface area contributed by atoms with Gasteiger partial charge in [-0.05, 0) is 67.8 Å². The van der Waals surface area contributed by atoms with E-state index in [2.05, 4.69) is 30.6 Å². The molecule has 0 aliphatic heterocycles. The highest BCUT2D eigenvalue weighted by Gasteiger charge is 2.27. The number of amides is 1. The topological polar surface area (TPSA) is 110 Å². The van der Waals surface area contributed by atoms with Gasteiger partial charge in [0.15, 0.2) is 5.82 Å². The van der Waals surface area contributed by atoms with Crippen LogP contribution in [-0.2, 0) is 11.2 Å². The number of halogens is 1. The lowest BCUT2D eigenvalue weighted by Gasteiger charge is -2.04. The Bertz CT molecular complexity index is 1260. The molecule has 1 amide bonds. The second-order valence-corrected chi connectivity index (χ2v) is 7.92. The lowest BCUT2D eigenvalue weighted by Crippen LogP contribution is -2.12. The molecule has 1 aliphatic carbocycles. The number of aromatic nitrogens is 5. The number of nitrogens with one attached hydrogen (secondary N) is 2. The molecule has 1 fully saturated rings. The number of aryl methyl sites for hydroxylation is 2. The van der Waals surface area contributed by atoms with Crippen molar-refractivity contribution >= 4 is 11.6 Å². The van der Waals surface area contributed by atoms with E-state index in [4.69, 9.17) is 4.52 Å². The molecule has 2 aromatic carbocycles. The van der Waals surface area contributed by atoms with Crippen LogP contribution in [0, 0.1) is 12.7 Å². The Labute approximate surface area is 183 Å². The predicted octanol–water partition coefficient (Wildman–Crippen LogP) is 4.42. The summed E-state index contributed by atoms with van der Waals surface area (Å²) < 4.78 is 18.7. The van der Waals surface area contributed by atoms with Crippen LogP contribution in [0.3, 0.4) is 0 Å². The summed E-state index contributed by atoms with van der Waals surface area (Å²) in [6.45, 7) is 1.67. The van der Waals surface area contributed by atoms with Gasteiger partial charge in [0.05, 0.1) is 0 Å². The summed E-state index contributed by atoms with van der Waals surface area (Å²) in [7, 11) is 0. The van der Waals surface area contributed by atoms with E-state index in [9.17, 15) is 9.18 Å². The molecule has 0 saturated heterocycles. The van der Waals surface area contributed by atoms with Crippen molar-refractivity contribution in [1.29, 1.82) is 0 Å². The molecule has 2 aromatic heterocycles. The Morgan fingerprint density at radius 2 is 1.91 bits per heavy atom. The minimum absolute atomic E-state index is 0.163. The Morgan fingerprint density at radius 1 is 1.12 bits per heavy atom. The lowest BCUT2D eigenvalue weighted by atomic mass is 10.1. The summed E-state index contributed by atoms with van der Waals surface area (Å²) in [5.74, 6) is 2.39. The van der Waals surface area contributed by atoms with Crippen LogP contribution in [0.15, 0.2) is 47.0 Å². The number of H-pyrrole nitrogens is 1. The molecule has 0 bridgehead atoms. The Kier molecular flexibility index (Phi) is 5.22. The predicted molar refractivity (Wildman–Crippen MR) is 115 cm³/mol. The van der Waals surface area contributed by atoms with Crippen molar-refractivity contribution in [2.75, 3.05) is 5.32 Å². The highest BCUT2D eigenvalue weighted by molar-refractivity contribution is 5.91. The van der Waals surface area contributed by atoms with Crippen LogP contribution in [0.4, 0.5) is 10.1 Å². The number of rotatable bonds is 7. The largest absolute Gasteiger partial charge is 0.339 e. The first-order chi connectivity index (χ1) is 15.5. The molecule has 4 aromatic rings. The third kappa shape index (κ3) is 4.41. The first-order valence-corrected chi connectivity index (χ1v) is 10.5. The number of hydrogen-bond donors (Lipinski definition) is 2. The van der Waals surface area contributed by atoms with E-state index in [0.717, 1.165) is 24.2 Å². The maximum atomic E-state index is 13.4. The minimum Gasteiger partial charge on any atom is -0.339 e. The van der Waals surface area contributed by atoms with Gasteiger partial charge in [0.1, 0.15) is 11.6 Å². The molecule has 1 saturated carbocycles. The zero-order chi connectivity index (χ0) is 22.1. The summed E-state index contributed by atoms with van der Waals surface area (Å²) in [5, 5.41) is 14.0. The molecule has 0 radical (unpaired) electrons. The van der Waals surface area contributed by atoms with Gasteiger partial charge in [0.2, 0.25) is 17.6 Å². The van der Waals surface area contributed by atoms with Gasteiger partial charge in [-0.15, -0.1) is 0 Å². The second kappa shape index (κ2) is 8.33. The van der Waals surface area contributed by atoms with Crippen molar-refractivity contribution in [1.82, 2.24) is 25.3 Å². The first kappa shape index (κ1) is 20.0. The van der Waals surface area contributed by atoms with Crippen molar-refractivity contribution in [3.8, 4) is 22.8 Å². The van der Waals surface area contributed by atoms with E-state index in [1.807, 2.05) is 24.3 Å². The number of anilines is 1. The molecule has 0 atom stereocenters. The van der Waals surface area contributed by atoms with Crippen LogP contribution in [0.2, 0.25) is 0 Å². The van der Waals surface area contributed by atoms with Crippen molar-refractivity contribution < 1.29 is 13.7 Å². The molecule has 1 aliphatic rings. The SMILES string of the molecule is Cc1cc(-c2noc(CCC(=O)Nc3ccc(-c4n[nH]c(C5CC5)n4)cc3)n2)ccc1F. The van der Waals surface area contributed by atoms with Crippen LogP contribution in [0.25, 0.3) is 22.8 Å². The van der Waals surface area contributed by atoms with Crippen LogP contribution in [0.1, 0.15) is 42.5 Å². The van der Waals surface area contributed by atoms with Crippen molar-refractivity contribution in [2.24, 2.45) is 0 Å². The van der Waals surface area contributed by atoms with Gasteiger partial charge in [-0.1, -0.05) is 5.16 Å². The summed E-state index contributed by atoms with van der Waals surface area (Å²) in [6, 6.07) is 12.0. The lowest BCUT2D eigenvalue weighted by molar-refractivity contribution is -0.116. The van der Waals surface area contributed by atoms with Crippen LogP contribution in [-0.4, -0.2) is 31.2 Å². The smallest absolute Gasteiger partial charge is 0.227 e. The molecule has 0 spiro atoms. The maximum absolute atomic E-state index is 13.4. The first-order valence-electron chi connectivity index (χ1n) is 10.5. The fraction of sp³-hybridized carbons (Fsp3) is 0.261. The van der Waals surface area contributed by atoms with Gasteiger partial charge in [0.25, 0.3) is 0 Å². The van der Waals surface area contributed by atoms with Crippen molar-refractivity contribution in [2.45, 2.75) is 38.5 Å². The van der Waals surface area contributed by atoms with Crippen molar-refractivity contribution in [3.05, 3.63) is 65.6 Å². The second-order valence-electron chi connectivity index (χ2n) is 7.92. The summed E-state index contributed by atoms with van der Waals surface area (Å²) in [5.41, 5.74) is 2.75. The Hall–Kier alpha value is -3.88. The molecule has 5 rings (SSSR count). The number of nitrogens with zero attached hydrogens (tertiary/aromatic N) is 4. The molecule has 2 heterocycles. The number of carbonyl (C=O) groups is 1. The van der Waals surface area contributed by atoms with Crippen LogP contribution >= 0.6 is 0 Å². The minimum atomic E-state index is -0.286. The van der Waals surface area contributed by atoms with E-state index in [1.54, 1.807) is 19.1 Å². The highest BCUT2D eigenvalue weighted by Crippen LogP contribution is 2.38. The zero-order valence-corrected chi connectivity index (χ0v) is 17.4. The Morgan fingerprint density at radius 3 is 2.66 bits per heavy atom. The summed E-state index contributed by atoms with van der Waals surface area (Å²) in [4.78, 5) is 21.1. The monoisotopic (exact) mass is 432 g/mol. The molecule has 0 unspecified atom stereocenters. The van der Waals surface area contributed by atoms with Crippen LogP contribution in [0.5, 0.6) is 0 Å². The summed E-state index contributed by atoms with van der Waals surface area (Å²) >= 11 is 0. The van der Waals surface area contributed by atoms with Crippen LogP contribution < -0.4 is 5.32 Å². The van der Waals surface area contributed by atoms with E-state index in [1.165, 1.54) is 6.07 Å². The fourth-order valence-corrected chi connectivity index (χ4v) is 3.35. The van der Waals surface area contributed by atoms with Gasteiger partial charge < -0.3 is 9.84 Å². The highest BCUT2D eigenvalue weighted by atomic mass is 19.1. The Balaban J connectivity index is 1.15. The maximum Gasteiger partial charge on any atom is 0.227 e. The normalized spacial score (nSPS) is 13.3. The van der Waals surface area contributed by atoms with Gasteiger partial charge >= 0.3 is 0 Å². The fourth-order valence-electron chi connectivity index (χ4n) is 3.35. The molecular weight excluding hydrogens is 411 g/mol. The standard InChI is InChI=1S/C23H21FN6O2/c1-13-12-16(6-9-18(13)24)23-26-20(32-30-23)11-10-19(31)25-17-7-4-15(5-8-17)22-27-21(28-29-22)14-2-3-14/h4-9,12,14H,2-3,10-11H2,1H3,(H,25,31)(H,27,28,29). The van der Waals surface area contributed by atoms with E-state index in [0.29, 0.717) is 46.7 Å². The number of aromatic amines is 1. The number of benzene rings is 2. The van der Waals surface area contributed by atoms with Gasteiger partial charge in [-0.25, -0.2) is 9.37 Å². The van der Waals surface area contributed by atoms with E-state index < -0.39 is 0 Å². The third-order valence-electron chi connectivity index (χ3n) is 5.34. The van der Waals surface area contributed by atoms with Crippen molar-refractivity contribution in [3.63, 3.8) is 0 Å². The molecule has 9 heteroatoms. The molecule has 162 valence electrons. The number of hydrogen-bond acceptors (Lipinski definition) is 6. The van der Waals surface area contributed by atoms with E-state index >= 15 is 0 Å². The molecular formula is C23H21FN6O2. The number of carbonyl (C=O) groups excluding carboxylic acids is 1. The zero-order valence-electron chi connectivity index (χ0n) is 17.4. The van der Waals surface area contributed by atoms with Gasteiger partial charge in [0, 0.05) is 35.6 Å². The molecule has 2 N–H and O–H groups in total. The third-order valence-corrected chi connectivity index (χ3v) is 5.34. The molecule has 8 nitrogen and oxygen atoms in total. The molecule has 32 heavy (non-hydrogen) atoms. The average Bonchev–Trinajstić information content (AvgIpc) is 3.33. The van der Waals surface area contributed by atoms with Gasteiger partial charge in [-0.2, -0.15) is 10.1 Å². The average molecular weight is 432 g/mol. The van der Waals surface area contributed by atoms with Gasteiger partial charge in [-0.3, -0.25) is 9.89 Å². The quantitative estimate of drug-likeness (QED) is 0.447. The summed E-state index contributed by atoms with van der Waals surface area (Å²) in [6.07, 6.45) is 2.82. The van der Waals surface area contributed by atoms with E-state index in [-0.39, 0.29) is 18.1 Å².